The number of rotatable bonds is 8. The number of furan rings is 1. The highest BCUT2D eigenvalue weighted by Gasteiger charge is 2.35. The Morgan fingerprint density at radius 3 is 2.30 bits per heavy atom. The highest BCUT2D eigenvalue weighted by atomic mass is 32.2. The Kier molecular flexibility index (Phi) is 7.29. The second-order valence-corrected chi connectivity index (χ2v) is 10.4. The first-order valence-corrected chi connectivity index (χ1v) is 13.8. The molecule has 0 N–H and O–H groups in total. The summed E-state index contributed by atoms with van der Waals surface area (Å²) in [4.78, 5) is 30.4. The third kappa shape index (κ3) is 5.20. The fourth-order valence-corrected chi connectivity index (χ4v) is 6.00. The van der Waals surface area contributed by atoms with Crippen LogP contribution in [0, 0.1) is 0 Å². The summed E-state index contributed by atoms with van der Waals surface area (Å²) in [5, 5.41) is 5.96. The molecule has 0 fully saturated rings. The number of hydrogen-bond donors (Lipinski definition) is 0. The molecule has 3 aromatic carbocycles. The highest BCUT2D eigenvalue weighted by Crippen LogP contribution is 2.47. The molecule has 0 spiro atoms. The van der Waals surface area contributed by atoms with Crippen LogP contribution in [-0.4, -0.2) is 42.9 Å². The van der Waals surface area contributed by atoms with E-state index >= 15 is 0 Å². The van der Waals surface area contributed by atoms with Crippen molar-refractivity contribution in [2.75, 3.05) is 25.2 Å². The molecule has 0 unspecified atom stereocenters. The molecule has 0 aliphatic carbocycles. The lowest BCUT2D eigenvalue weighted by atomic mass is 10.0. The number of amides is 1. The molecule has 3 heterocycles. The summed E-state index contributed by atoms with van der Waals surface area (Å²) in [5.41, 5.74) is 3.72. The monoisotopic (exact) mass is 553 g/mol. The molecule has 8 nitrogen and oxygen atoms in total. The number of nitrogens with zero attached hydrogens (tertiary/aromatic N) is 3. The van der Waals surface area contributed by atoms with Crippen LogP contribution >= 0.6 is 11.8 Å². The molecule has 2 aliphatic heterocycles. The molecule has 1 amide bonds. The van der Waals surface area contributed by atoms with Gasteiger partial charge in [0, 0.05) is 22.8 Å². The molecule has 0 saturated heterocycles. The summed E-state index contributed by atoms with van der Waals surface area (Å²) in [6.45, 7) is 0.0264. The van der Waals surface area contributed by atoms with E-state index in [4.69, 9.17) is 13.9 Å². The summed E-state index contributed by atoms with van der Waals surface area (Å²) in [5.74, 6) is 0.491. The van der Waals surface area contributed by atoms with Crippen LogP contribution < -0.4 is 9.64 Å². The minimum Gasteiger partial charge on any atom is -0.497 e. The van der Waals surface area contributed by atoms with Crippen molar-refractivity contribution in [2.24, 2.45) is 5.10 Å². The van der Waals surface area contributed by atoms with Crippen LogP contribution in [0.5, 0.6) is 5.75 Å². The van der Waals surface area contributed by atoms with Gasteiger partial charge in [-0.1, -0.05) is 36.0 Å². The first kappa shape index (κ1) is 25.8. The SMILES string of the molecule is COc1ccc(C2=NN(C(=O)COC(=O)CCN3c4ccccc4Sc4ccccc43)[C@@H](c3ccco3)C2)cc1. The molecule has 9 heteroatoms. The zero-order chi connectivity index (χ0) is 27.5. The third-order valence-corrected chi connectivity index (χ3v) is 8.02. The van der Waals surface area contributed by atoms with Gasteiger partial charge in [0.15, 0.2) is 6.61 Å². The Morgan fingerprint density at radius 2 is 1.65 bits per heavy atom. The third-order valence-electron chi connectivity index (χ3n) is 6.89. The Bertz CT molecular complexity index is 1510. The maximum absolute atomic E-state index is 13.2. The van der Waals surface area contributed by atoms with Crippen LogP contribution in [0.15, 0.2) is 111 Å². The molecule has 0 bridgehead atoms. The second-order valence-electron chi connectivity index (χ2n) is 9.35. The lowest BCUT2D eigenvalue weighted by molar-refractivity contribution is -0.152. The summed E-state index contributed by atoms with van der Waals surface area (Å²) in [6, 6.07) is 26.9. The smallest absolute Gasteiger partial charge is 0.308 e. The van der Waals surface area contributed by atoms with E-state index in [2.05, 4.69) is 22.1 Å². The number of benzene rings is 3. The fraction of sp³-hybridized carbons (Fsp3) is 0.194. The van der Waals surface area contributed by atoms with Crippen LogP contribution in [0.25, 0.3) is 0 Å². The largest absolute Gasteiger partial charge is 0.497 e. The number of carbonyl (C=O) groups excluding carboxylic acids is 2. The van der Waals surface area contributed by atoms with Crippen molar-refractivity contribution in [3.63, 3.8) is 0 Å². The number of carbonyl (C=O) groups is 2. The molecule has 0 radical (unpaired) electrons. The lowest BCUT2D eigenvalue weighted by Gasteiger charge is -2.32. The number of hydrogen-bond acceptors (Lipinski definition) is 8. The number of hydrazone groups is 1. The number of fused-ring (bicyclic) bond motifs is 2. The van der Waals surface area contributed by atoms with Gasteiger partial charge >= 0.3 is 5.97 Å². The molecule has 1 aromatic heterocycles. The number of esters is 1. The van der Waals surface area contributed by atoms with Crippen LogP contribution in [0.2, 0.25) is 0 Å². The Hall–Kier alpha value is -4.50. The van der Waals surface area contributed by atoms with Gasteiger partial charge in [-0.2, -0.15) is 5.10 Å². The van der Waals surface area contributed by atoms with E-state index in [1.165, 1.54) is 5.01 Å². The lowest BCUT2D eigenvalue weighted by Crippen LogP contribution is -2.32. The predicted molar refractivity (Wildman–Crippen MR) is 152 cm³/mol. The van der Waals surface area contributed by atoms with Crippen molar-refractivity contribution in [1.82, 2.24) is 5.01 Å². The molecular weight excluding hydrogens is 526 g/mol. The molecule has 6 rings (SSSR count). The molecule has 40 heavy (non-hydrogen) atoms. The Labute approximate surface area is 236 Å². The van der Waals surface area contributed by atoms with Gasteiger partial charge in [-0.25, -0.2) is 5.01 Å². The molecule has 1 atom stereocenters. The standard InChI is InChI=1S/C31H27N3O5S/c1-37-22-14-12-21(13-15-22)23-19-26(27-9-6-18-38-27)34(32-23)30(35)20-39-31(36)16-17-33-24-7-2-4-10-28(24)40-29-11-5-3-8-25(29)33/h2-15,18,26H,16-17,19-20H2,1H3/t26-/m1/s1. The first-order valence-electron chi connectivity index (χ1n) is 13.0. The van der Waals surface area contributed by atoms with Gasteiger partial charge in [-0.3, -0.25) is 9.59 Å². The molecule has 2 aliphatic rings. The first-order chi connectivity index (χ1) is 19.6. The fourth-order valence-electron chi connectivity index (χ4n) is 4.91. The van der Waals surface area contributed by atoms with Crippen LogP contribution in [0.3, 0.4) is 0 Å². The van der Waals surface area contributed by atoms with Crippen LogP contribution in [-0.2, 0) is 14.3 Å². The maximum Gasteiger partial charge on any atom is 0.308 e. The number of anilines is 2. The van der Waals surface area contributed by atoms with Gasteiger partial charge in [0.05, 0.1) is 36.9 Å². The summed E-state index contributed by atoms with van der Waals surface area (Å²) in [7, 11) is 1.61. The average Bonchev–Trinajstić information content (AvgIpc) is 3.69. The van der Waals surface area contributed by atoms with Crippen molar-refractivity contribution >= 4 is 40.7 Å². The van der Waals surface area contributed by atoms with E-state index in [1.807, 2.05) is 66.7 Å². The van der Waals surface area contributed by atoms with E-state index in [9.17, 15) is 9.59 Å². The quantitative estimate of drug-likeness (QED) is 0.240. The number of ether oxygens (including phenoxy) is 2. The van der Waals surface area contributed by atoms with Crippen molar-refractivity contribution in [3.8, 4) is 5.75 Å². The van der Waals surface area contributed by atoms with Gasteiger partial charge in [0.25, 0.3) is 5.91 Å². The number of para-hydroxylation sites is 2. The number of methoxy groups -OCH3 is 1. The van der Waals surface area contributed by atoms with Crippen LogP contribution in [0.1, 0.15) is 30.2 Å². The maximum atomic E-state index is 13.2. The zero-order valence-corrected chi connectivity index (χ0v) is 22.7. The van der Waals surface area contributed by atoms with E-state index in [-0.39, 0.29) is 6.42 Å². The van der Waals surface area contributed by atoms with Gasteiger partial charge in [-0.15, -0.1) is 0 Å². The van der Waals surface area contributed by atoms with Crippen molar-refractivity contribution in [1.29, 1.82) is 0 Å². The van der Waals surface area contributed by atoms with Gasteiger partial charge in [0.2, 0.25) is 0 Å². The molecular formula is C31H27N3O5S. The van der Waals surface area contributed by atoms with E-state index in [0.717, 1.165) is 38.2 Å². The minimum absolute atomic E-state index is 0.128. The van der Waals surface area contributed by atoms with Crippen molar-refractivity contribution < 1.29 is 23.5 Å². The summed E-state index contributed by atoms with van der Waals surface area (Å²) < 4.78 is 16.3. The van der Waals surface area contributed by atoms with E-state index < -0.39 is 24.5 Å². The van der Waals surface area contributed by atoms with E-state index in [1.54, 1.807) is 31.2 Å². The highest BCUT2D eigenvalue weighted by molar-refractivity contribution is 7.99. The topological polar surface area (TPSA) is 84.6 Å². The Balaban J connectivity index is 1.12. The minimum atomic E-state index is -0.449. The molecule has 4 aromatic rings. The normalized spacial score (nSPS) is 15.7. The van der Waals surface area contributed by atoms with Gasteiger partial charge in [-0.05, 0) is 66.2 Å². The summed E-state index contributed by atoms with van der Waals surface area (Å²) in [6.07, 6.45) is 2.17. The zero-order valence-electron chi connectivity index (χ0n) is 21.9. The Morgan fingerprint density at radius 1 is 0.950 bits per heavy atom. The average molecular weight is 554 g/mol. The predicted octanol–water partition coefficient (Wildman–Crippen LogP) is 6.20. The summed E-state index contributed by atoms with van der Waals surface area (Å²) >= 11 is 1.71. The van der Waals surface area contributed by atoms with Crippen molar-refractivity contribution in [2.45, 2.75) is 28.7 Å². The second kappa shape index (κ2) is 11.3. The molecule has 0 saturated carbocycles. The van der Waals surface area contributed by atoms with Gasteiger partial charge in [0.1, 0.15) is 17.6 Å². The molecule has 202 valence electrons. The van der Waals surface area contributed by atoms with Crippen molar-refractivity contribution in [3.05, 3.63) is 103 Å². The van der Waals surface area contributed by atoms with Gasteiger partial charge < -0.3 is 18.8 Å². The van der Waals surface area contributed by atoms with Crippen LogP contribution in [0.4, 0.5) is 11.4 Å². The van der Waals surface area contributed by atoms with E-state index in [0.29, 0.717) is 18.7 Å².